The van der Waals surface area contributed by atoms with Crippen molar-refractivity contribution in [3.63, 3.8) is 0 Å². The molecule has 4 N–H and O–H groups in total. The maximum Gasteiger partial charge on any atom is 0.335 e. The third-order valence-electron chi connectivity index (χ3n) is 5.93. The van der Waals surface area contributed by atoms with Crippen molar-refractivity contribution in [2.24, 2.45) is 0 Å². The van der Waals surface area contributed by atoms with Gasteiger partial charge in [-0.2, -0.15) is 0 Å². The first-order chi connectivity index (χ1) is 20.3. The summed E-state index contributed by atoms with van der Waals surface area (Å²) in [6.45, 7) is 1.88. The highest BCUT2D eigenvalue weighted by atomic mass is 32.2. The van der Waals surface area contributed by atoms with Crippen LogP contribution in [0.4, 0.5) is 11.4 Å². The number of hydrogen-bond donors (Lipinski definition) is 4. The van der Waals surface area contributed by atoms with Crippen molar-refractivity contribution in [1.82, 2.24) is 10.3 Å². The van der Waals surface area contributed by atoms with E-state index < -0.39 is 23.0 Å². The number of aromatic nitrogens is 1. The molecule has 0 aliphatic carbocycles. The molecule has 0 fully saturated rings. The first-order valence-corrected chi connectivity index (χ1v) is 13.9. The van der Waals surface area contributed by atoms with E-state index in [9.17, 15) is 24.3 Å². The molecular formula is C32H28N4O5S. The Morgan fingerprint density at radius 2 is 1.57 bits per heavy atom. The number of hydrogen-bond acceptors (Lipinski definition) is 6. The molecule has 4 aromatic rings. The zero-order valence-electron chi connectivity index (χ0n) is 22.6. The largest absolute Gasteiger partial charge is 0.478 e. The third kappa shape index (κ3) is 8.39. The quantitative estimate of drug-likeness (QED) is 0.132. The van der Waals surface area contributed by atoms with Crippen LogP contribution in [0.5, 0.6) is 0 Å². The highest BCUT2D eigenvalue weighted by Crippen LogP contribution is 2.29. The van der Waals surface area contributed by atoms with Gasteiger partial charge in [-0.1, -0.05) is 43.3 Å². The van der Waals surface area contributed by atoms with Crippen LogP contribution in [-0.4, -0.2) is 39.0 Å². The van der Waals surface area contributed by atoms with Crippen LogP contribution in [0.3, 0.4) is 0 Å². The predicted molar refractivity (Wildman–Crippen MR) is 163 cm³/mol. The van der Waals surface area contributed by atoms with Crippen molar-refractivity contribution >= 4 is 52.9 Å². The molecular weight excluding hydrogens is 552 g/mol. The summed E-state index contributed by atoms with van der Waals surface area (Å²) in [5.74, 6) is -2.32. The van der Waals surface area contributed by atoms with Crippen LogP contribution in [0.2, 0.25) is 0 Å². The zero-order chi connectivity index (χ0) is 29.9. The van der Waals surface area contributed by atoms with Gasteiger partial charge in [-0.05, 0) is 72.7 Å². The molecule has 1 atom stereocenters. The number of carbonyl (C=O) groups excluding carboxylic acids is 3. The summed E-state index contributed by atoms with van der Waals surface area (Å²) in [4.78, 5) is 55.2. The normalized spacial score (nSPS) is 11.7. The van der Waals surface area contributed by atoms with Crippen molar-refractivity contribution in [2.75, 3.05) is 10.6 Å². The standard InChI is InChI=1S/C32H28N4O5S/c1-2-28(31(39)35-24-13-6-12-23(18-24)32(40)41)42-26-15-7-14-25(19-26)34-30(38)27(17-21-9-8-16-33-20-21)36-29(37)22-10-4-3-5-11-22/h3-20,28H,2H2,1H3,(H,34,38)(H,35,39)(H,36,37)(H,40,41)/b27-17-. The van der Waals surface area contributed by atoms with Gasteiger partial charge >= 0.3 is 5.97 Å². The van der Waals surface area contributed by atoms with E-state index in [0.29, 0.717) is 28.9 Å². The molecule has 0 spiro atoms. The number of carbonyl (C=O) groups is 4. The Kier molecular flexibility index (Phi) is 10.2. The van der Waals surface area contributed by atoms with E-state index in [4.69, 9.17) is 0 Å². The van der Waals surface area contributed by atoms with Gasteiger partial charge in [0.2, 0.25) is 5.91 Å². The lowest BCUT2D eigenvalue weighted by Gasteiger charge is -2.16. The molecule has 10 heteroatoms. The molecule has 3 aromatic carbocycles. The van der Waals surface area contributed by atoms with Gasteiger partial charge < -0.3 is 21.1 Å². The molecule has 0 radical (unpaired) electrons. The highest BCUT2D eigenvalue weighted by molar-refractivity contribution is 8.00. The number of thioether (sulfide) groups is 1. The van der Waals surface area contributed by atoms with Gasteiger partial charge in [0.25, 0.3) is 11.8 Å². The first-order valence-electron chi connectivity index (χ1n) is 13.0. The lowest BCUT2D eigenvalue weighted by Crippen LogP contribution is -2.30. The van der Waals surface area contributed by atoms with Gasteiger partial charge in [-0.15, -0.1) is 11.8 Å². The maximum absolute atomic E-state index is 13.3. The molecule has 4 rings (SSSR count). The fraction of sp³-hybridized carbons (Fsp3) is 0.0938. The molecule has 42 heavy (non-hydrogen) atoms. The van der Waals surface area contributed by atoms with Crippen LogP contribution in [-0.2, 0) is 9.59 Å². The number of amides is 3. The number of aromatic carboxylic acids is 1. The van der Waals surface area contributed by atoms with Crippen LogP contribution in [0.15, 0.2) is 114 Å². The second-order valence-electron chi connectivity index (χ2n) is 9.04. The average Bonchev–Trinajstić information content (AvgIpc) is 3.00. The number of nitrogens with zero attached hydrogens (tertiary/aromatic N) is 1. The molecule has 0 aliphatic rings. The van der Waals surface area contributed by atoms with Gasteiger partial charge in [-0.25, -0.2) is 4.79 Å². The lowest BCUT2D eigenvalue weighted by atomic mass is 10.2. The monoisotopic (exact) mass is 580 g/mol. The summed E-state index contributed by atoms with van der Waals surface area (Å²) in [5.41, 5.74) is 2.01. The molecule has 0 saturated heterocycles. The zero-order valence-corrected chi connectivity index (χ0v) is 23.4. The Bertz CT molecular complexity index is 1610. The summed E-state index contributed by atoms with van der Waals surface area (Å²) in [5, 5.41) is 17.0. The molecule has 1 heterocycles. The molecule has 9 nitrogen and oxygen atoms in total. The fourth-order valence-corrected chi connectivity index (χ4v) is 4.87. The average molecular weight is 581 g/mol. The number of benzene rings is 3. The molecule has 0 aliphatic heterocycles. The minimum Gasteiger partial charge on any atom is -0.478 e. The topological polar surface area (TPSA) is 137 Å². The summed E-state index contributed by atoms with van der Waals surface area (Å²) in [7, 11) is 0. The Morgan fingerprint density at radius 1 is 0.857 bits per heavy atom. The van der Waals surface area contributed by atoms with Crippen molar-refractivity contribution in [3.8, 4) is 0 Å². The number of pyridine rings is 1. The van der Waals surface area contributed by atoms with Crippen LogP contribution >= 0.6 is 11.8 Å². The molecule has 1 unspecified atom stereocenters. The fourth-order valence-electron chi connectivity index (χ4n) is 3.86. The predicted octanol–water partition coefficient (Wildman–Crippen LogP) is 5.70. The van der Waals surface area contributed by atoms with Gasteiger partial charge in [0.15, 0.2) is 0 Å². The second-order valence-corrected chi connectivity index (χ2v) is 10.3. The minimum absolute atomic E-state index is 0.0318. The van der Waals surface area contributed by atoms with Crippen molar-refractivity contribution in [2.45, 2.75) is 23.5 Å². The Morgan fingerprint density at radius 3 is 2.26 bits per heavy atom. The van der Waals surface area contributed by atoms with Crippen LogP contribution in [0, 0.1) is 0 Å². The summed E-state index contributed by atoms with van der Waals surface area (Å²) >= 11 is 1.31. The van der Waals surface area contributed by atoms with Crippen molar-refractivity contribution in [1.29, 1.82) is 0 Å². The number of nitrogens with one attached hydrogen (secondary N) is 3. The molecule has 1 aromatic heterocycles. The van der Waals surface area contributed by atoms with Crippen LogP contribution in [0.25, 0.3) is 6.08 Å². The van der Waals surface area contributed by atoms with E-state index in [0.717, 1.165) is 4.90 Å². The Hall–Kier alpha value is -5.22. The smallest absolute Gasteiger partial charge is 0.335 e. The van der Waals surface area contributed by atoms with Gasteiger partial charge in [0, 0.05) is 34.2 Å². The summed E-state index contributed by atoms with van der Waals surface area (Å²) in [6.07, 6.45) is 5.24. The highest BCUT2D eigenvalue weighted by Gasteiger charge is 2.20. The van der Waals surface area contributed by atoms with Gasteiger partial charge in [-0.3, -0.25) is 19.4 Å². The van der Waals surface area contributed by atoms with E-state index in [-0.39, 0.29) is 17.2 Å². The number of rotatable bonds is 11. The second kappa shape index (κ2) is 14.4. The van der Waals surface area contributed by atoms with Gasteiger partial charge in [0.05, 0.1) is 10.8 Å². The molecule has 3 amide bonds. The number of anilines is 2. The molecule has 0 saturated carbocycles. The minimum atomic E-state index is -1.08. The molecule has 0 bridgehead atoms. The summed E-state index contributed by atoms with van der Waals surface area (Å²) in [6, 6.07) is 25.1. The SMILES string of the molecule is CCC(Sc1cccc(NC(=O)/C(=C/c2cccnc2)NC(=O)c2ccccc2)c1)C(=O)Nc1cccc(C(=O)O)c1. The van der Waals surface area contributed by atoms with Crippen molar-refractivity contribution < 1.29 is 24.3 Å². The van der Waals surface area contributed by atoms with Crippen molar-refractivity contribution in [3.05, 3.63) is 126 Å². The number of carboxylic acids is 1. The van der Waals surface area contributed by atoms with Crippen LogP contribution in [0.1, 0.15) is 39.6 Å². The van der Waals surface area contributed by atoms with Crippen LogP contribution < -0.4 is 16.0 Å². The Labute approximate surface area is 247 Å². The third-order valence-corrected chi connectivity index (χ3v) is 7.29. The van der Waals surface area contributed by atoms with E-state index in [2.05, 4.69) is 20.9 Å². The van der Waals surface area contributed by atoms with E-state index in [1.165, 1.54) is 23.9 Å². The first kappa shape index (κ1) is 29.8. The molecule has 212 valence electrons. The summed E-state index contributed by atoms with van der Waals surface area (Å²) < 4.78 is 0. The van der Waals surface area contributed by atoms with E-state index in [1.54, 1.807) is 91.3 Å². The van der Waals surface area contributed by atoms with E-state index >= 15 is 0 Å². The lowest BCUT2D eigenvalue weighted by molar-refractivity contribution is -0.116. The Balaban J connectivity index is 1.48. The van der Waals surface area contributed by atoms with Gasteiger partial charge in [0.1, 0.15) is 5.70 Å². The van der Waals surface area contributed by atoms with E-state index in [1.807, 2.05) is 13.0 Å². The number of carboxylic acid groups (broad SMARTS) is 1. The maximum atomic E-state index is 13.3.